The van der Waals surface area contributed by atoms with Gasteiger partial charge in [-0.1, -0.05) is 18.2 Å². The average molecular weight is 273 g/mol. The first-order chi connectivity index (χ1) is 9.58. The van der Waals surface area contributed by atoms with Crippen molar-refractivity contribution < 1.29 is 9.90 Å². The average Bonchev–Trinajstić information content (AvgIpc) is 2.93. The summed E-state index contributed by atoms with van der Waals surface area (Å²) in [5.74, 6) is 0.389. The second-order valence-electron chi connectivity index (χ2n) is 4.92. The Bertz CT molecular complexity index is 654. The summed E-state index contributed by atoms with van der Waals surface area (Å²) in [4.78, 5) is 15.2. The molecule has 0 aliphatic carbocycles. The van der Waals surface area contributed by atoms with Crippen molar-refractivity contribution in [1.29, 1.82) is 0 Å². The van der Waals surface area contributed by atoms with E-state index in [4.69, 9.17) is 0 Å². The van der Waals surface area contributed by atoms with E-state index in [0.717, 1.165) is 0 Å². The van der Waals surface area contributed by atoms with Crippen LogP contribution in [0.1, 0.15) is 34.9 Å². The van der Waals surface area contributed by atoms with Gasteiger partial charge >= 0.3 is 0 Å². The minimum atomic E-state index is -0.912. The SMILES string of the molecule is CC(Cc1nnn(C)n1)N1C(=O)c2ccccc2C1O. The van der Waals surface area contributed by atoms with Crippen LogP contribution in [-0.2, 0) is 13.5 Å². The number of fused-ring (bicyclic) bond motifs is 1. The second kappa shape index (κ2) is 4.68. The van der Waals surface area contributed by atoms with Gasteiger partial charge in [-0.25, -0.2) is 0 Å². The number of carbonyl (C=O) groups is 1. The Kier molecular flexibility index (Phi) is 2.98. The van der Waals surface area contributed by atoms with Crippen molar-refractivity contribution in [3.05, 3.63) is 41.2 Å². The lowest BCUT2D eigenvalue weighted by atomic mass is 10.1. The number of nitrogens with zero attached hydrogens (tertiary/aromatic N) is 5. The standard InChI is InChI=1S/C13H15N5O2/c1-8(7-11-14-16-17(2)15-11)18-12(19)9-5-3-4-6-10(9)13(18)20/h3-6,8,12,19H,7H2,1-2H3. The molecule has 1 aliphatic rings. The molecule has 2 heterocycles. The summed E-state index contributed by atoms with van der Waals surface area (Å²) in [7, 11) is 1.69. The molecule has 104 valence electrons. The van der Waals surface area contributed by atoms with Gasteiger partial charge in [-0.3, -0.25) is 4.79 Å². The van der Waals surface area contributed by atoms with Crippen LogP contribution < -0.4 is 0 Å². The van der Waals surface area contributed by atoms with Crippen LogP contribution in [0.5, 0.6) is 0 Å². The summed E-state index contributed by atoms with van der Waals surface area (Å²) in [5, 5.41) is 22.1. The van der Waals surface area contributed by atoms with Gasteiger partial charge in [0.25, 0.3) is 5.91 Å². The van der Waals surface area contributed by atoms with Crippen molar-refractivity contribution in [3.63, 3.8) is 0 Å². The van der Waals surface area contributed by atoms with Gasteiger partial charge in [-0.2, -0.15) is 4.80 Å². The number of carbonyl (C=O) groups excluding carboxylic acids is 1. The molecule has 2 aromatic rings. The van der Waals surface area contributed by atoms with Gasteiger partial charge in [-0.05, 0) is 18.2 Å². The van der Waals surface area contributed by atoms with Crippen LogP contribution in [0.4, 0.5) is 0 Å². The van der Waals surface area contributed by atoms with Crippen LogP contribution in [0.15, 0.2) is 24.3 Å². The first kappa shape index (κ1) is 12.7. The fraction of sp³-hybridized carbons (Fsp3) is 0.385. The number of aliphatic hydroxyl groups excluding tert-OH is 1. The van der Waals surface area contributed by atoms with E-state index in [-0.39, 0.29) is 11.9 Å². The normalized spacial score (nSPS) is 19.2. The van der Waals surface area contributed by atoms with Gasteiger partial charge < -0.3 is 10.0 Å². The van der Waals surface area contributed by atoms with E-state index < -0.39 is 6.23 Å². The maximum Gasteiger partial charge on any atom is 0.256 e. The molecule has 3 rings (SSSR count). The lowest BCUT2D eigenvalue weighted by molar-refractivity contribution is 0.0000660. The van der Waals surface area contributed by atoms with E-state index >= 15 is 0 Å². The van der Waals surface area contributed by atoms with E-state index in [1.54, 1.807) is 25.2 Å². The minimum absolute atomic E-state index is 0.163. The third kappa shape index (κ3) is 1.96. The predicted molar refractivity (Wildman–Crippen MR) is 69.5 cm³/mol. The monoisotopic (exact) mass is 273 g/mol. The second-order valence-corrected chi connectivity index (χ2v) is 4.92. The van der Waals surface area contributed by atoms with E-state index in [1.165, 1.54) is 9.70 Å². The summed E-state index contributed by atoms with van der Waals surface area (Å²) < 4.78 is 0. The molecular formula is C13H15N5O2. The third-order valence-corrected chi connectivity index (χ3v) is 3.47. The van der Waals surface area contributed by atoms with Crippen LogP contribution in [-0.4, -0.2) is 42.2 Å². The molecule has 1 aromatic heterocycles. The molecule has 1 aliphatic heterocycles. The molecule has 0 saturated heterocycles. The van der Waals surface area contributed by atoms with Crippen LogP contribution in [0, 0.1) is 0 Å². The molecule has 0 radical (unpaired) electrons. The highest BCUT2D eigenvalue weighted by Gasteiger charge is 2.38. The molecule has 1 amide bonds. The molecule has 1 N–H and O–H groups in total. The number of rotatable bonds is 3. The predicted octanol–water partition coefficient (Wildman–Crippen LogP) is 0.288. The number of hydrogen-bond acceptors (Lipinski definition) is 5. The summed E-state index contributed by atoms with van der Waals surface area (Å²) in [5.41, 5.74) is 1.20. The molecule has 2 atom stereocenters. The van der Waals surface area contributed by atoms with Crippen LogP contribution in [0.2, 0.25) is 0 Å². The molecule has 20 heavy (non-hydrogen) atoms. The molecular weight excluding hydrogens is 258 g/mol. The first-order valence-corrected chi connectivity index (χ1v) is 6.40. The van der Waals surface area contributed by atoms with Gasteiger partial charge in [0.15, 0.2) is 12.1 Å². The Morgan fingerprint density at radius 2 is 2.15 bits per heavy atom. The number of aliphatic hydroxyl groups is 1. The quantitative estimate of drug-likeness (QED) is 0.868. The number of hydrogen-bond donors (Lipinski definition) is 1. The fourth-order valence-corrected chi connectivity index (χ4v) is 2.53. The van der Waals surface area contributed by atoms with Crippen LogP contribution in [0.3, 0.4) is 0 Å². The topological polar surface area (TPSA) is 84.1 Å². The zero-order valence-corrected chi connectivity index (χ0v) is 11.3. The van der Waals surface area contributed by atoms with E-state index in [9.17, 15) is 9.90 Å². The maximum atomic E-state index is 12.3. The van der Waals surface area contributed by atoms with Crippen molar-refractivity contribution >= 4 is 5.91 Å². The maximum absolute atomic E-state index is 12.3. The zero-order chi connectivity index (χ0) is 14.3. The smallest absolute Gasteiger partial charge is 0.256 e. The number of aromatic nitrogens is 4. The molecule has 0 saturated carbocycles. The minimum Gasteiger partial charge on any atom is -0.369 e. The highest BCUT2D eigenvalue weighted by Crippen LogP contribution is 2.33. The Morgan fingerprint density at radius 3 is 2.80 bits per heavy atom. The molecule has 1 aromatic carbocycles. The zero-order valence-electron chi connectivity index (χ0n) is 11.3. The van der Waals surface area contributed by atoms with Crippen molar-refractivity contribution in [2.75, 3.05) is 0 Å². The third-order valence-electron chi connectivity index (χ3n) is 3.47. The summed E-state index contributed by atoms with van der Waals surface area (Å²) in [6, 6.07) is 6.89. The molecule has 7 heteroatoms. The van der Waals surface area contributed by atoms with Gasteiger partial charge in [0, 0.05) is 23.6 Å². The number of tetrazole rings is 1. The number of amides is 1. The lowest BCUT2D eigenvalue weighted by Gasteiger charge is -2.27. The highest BCUT2D eigenvalue weighted by molar-refractivity contribution is 5.99. The summed E-state index contributed by atoms with van der Waals surface area (Å²) in [6.45, 7) is 1.86. The van der Waals surface area contributed by atoms with Crippen molar-refractivity contribution in [3.8, 4) is 0 Å². The van der Waals surface area contributed by atoms with E-state index in [1.807, 2.05) is 13.0 Å². The van der Waals surface area contributed by atoms with Crippen molar-refractivity contribution in [1.82, 2.24) is 25.1 Å². The molecule has 7 nitrogen and oxygen atoms in total. The van der Waals surface area contributed by atoms with Gasteiger partial charge in [0.05, 0.1) is 7.05 Å². The molecule has 0 fully saturated rings. The highest BCUT2D eigenvalue weighted by atomic mass is 16.3. The summed E-state index contributed by atoms with van der Waals surface area (Å²) in [6.07, 6.45) is -0.463. The molecule has 0 bridgehead atoms. The van der Waals surface area contributed by atoms with Gasteiger partial charge in [-0.15, -0.1) is 10.2 Å². The Morgan fingerprint density at radius 1 is 1.40 bits per heavy atom. The Labute approximate surface area is 115 Å². The Hall–Kier alpha value is -2.28. The van der Waals surface area contributed by atoms with Crippen LogP contribution >= 0.6 is 0 Å². The Balaban J connectivity index is 1.83. The number of aryl methyl sites for hydroxylation is 1. The first-order valence-electron chi connectivity index (χ1n) is 6.40. The van der Waals surface area contributed by atoms with Crippen molar-refractivity contribution in [2.45, 2.75) is 25.6 Å². The number of benzene rings is 1. The molecule has 2 unspecified atom stereocenters. The lowest BCUT2D eigenvalue weighted by Crippen LogP contribution is -2.38. The molecule has 0 spiro atoms. The largest absolute Gasteiger partial charge is 0.369 e. The van der Waals surface area contributed by atoms with Crippen LogP contribution in [0.25, 0.3) is 0 Å². The van der Waals surface area contributed by atoms with E-state index in [0.29, 0.717) is 23.4 Å². The summed E-state index contributed by atoms with van der Waals surface area (Å²) >= 11 is 0. The van der Waals surface area contributed by atoms with Crippen molar-refractivity contribution in [2.24, 2.45) is 7.05 Å². The van der Waals surface area contributed by atoms with Gasteiger partial charge in [0.1, 0.15) is 0 Å². The van der Waals surface area contributed by atoms with E-state index in [2.05, 4.69) is 15.4 Å². The fourth-order valence-electron chi connectivity index (χ4n) is 2.53. The van der Waals surface area contributed by atoms with Gasteiger partial charge in [0.2, 0.25) is 0 Å².